The van der Waals surface area contributed by atoms with Crippen LogP contribution in [-0.4, -0.2) is 10.1 Å². The van der Waals surface area contributed by atoms with Crippen molar-refractivity contribution in [2.45, 2.75) is 20.5 Å². The van der Waals surface area contributed by atoms with Crippen LogP contribution in [0.25, 0.3) is 11.3 Å². The molecule has 1 N–H and O–H groups in total. The summed E-state index contributed by atoms with van der Waals surface area (Å²) in [5.41, 5.74) is 3.02. The first kappa shape index (κ1) is 9.93. The minimum atomic E-state index is -0.160. The van der Waals surface area contributed by atoms with Gasteiger partial charge in [-0.3, -0.25) is 0 Å². The first-order valence-electron chi connectivity index (χ1n) is 4.85. The maximum Gasteiger partial charge on any atom is 0.220 e. The lowest BCUT2D eigenvalue weighted by molar-refractivity contribution is 0.238. The molecule has 0 saturated heterocycles. The summed E-state index contributed by atoms with van der Waals surface area (Å²) in [4.78, 5) is 4.24. The van der Waals surface area contributed by atoms with Crippen LogP contribution in [0.15, 0.2) is 28.7 Å². The average Bonchev–Trinajstić information content (AvgIpc) is 2.60. The minimum absolute atomic E-state index is 0.160. The summed E-state index contributed by atoms with van der Waals surface area (Å²) < 4.78 is 5.31. The van der Waals surface area contributed by atoms with Gasteiger partial charge in [-0.15, -0.1) is 0 Å². The summed E-state index contributed by atoms with van der Waals surface area (Å²) in [6, 6.07) is 7.99. The molecule has 1 aromatic heterocycles. The Morgan fingerprint density at radius 3 is 2.60 bits per heavy atom. The number of oxazole rings is 1. The van der Waals surface area contributed by atoms with Gasteiger partial charge in [0.25, 0.3) is 0 Å². The molecule has 0 bridgehead atoms. The molecule has 0 amide bonds. The van der Waals surface area contributed by atoms with Crippen LogP contribution in [0.3, 0.4) is 0 Å². The lowest BCUT2D eigenvalue weighted by Gasteiger charge is -2.01. The van der Waals surface area contributed by atoms with Crippen LogP contribution in [0, 0.1) is 13.8 Å². The van der Waals surface area contributed by atoms with Crippen molar-refractivity contribution in [2.24, 2.45) is 0 Å². The van der Waals surface area contributed by atoms with E-state index in [2.05, 4.69) is 4.98 Å². The van der Waals surface area contributed by atoms with E-state index in [1.165, 1.54) is 0 Å². The monoisotopic (exact) mass is 203 g/mol. The molecule has 0 radical (unpaired) electrons. The fourth-order valence-electron chi connectivity index (χ4n) is 1.61. The van der Waals surface area contributed by atoms with E-state index in [0.29, 0.717) is 5.89 Å². The van der Waals surface area contributed by atoms with Gasteiger partial charge in [-0.2, -0.15) is 0 Å². The van der Waals surface area contributed by atoms with Gasteiger partial charge in [0.15, 0.2) is 0 Å². The molecule has 2 rings (SSSR count). The fourth-order valence-corrected chi connectivity index (χ4v) is 1.61. The molecule has 3 heteroatoms. The zero-order valence-electron chi connectivity index (χ0n) is 8.82. The van der Waals surface area contributed by atoms with Gasteiger partial charge >= 0.3 is 0 Å². The molecule has 0 saturated carbocycles. The molecule has 2 aromatic rings. The minimum Gasteiger partial charge on any atom is -0.443 e. The Balaban J connectivity index is 2.54. The number of hydrogen-bond donors (Lipinski definition) is 1. The maximum atomic E-state index is 8.94. The van der Waals surface area contributed by atoms with E-state index >= 15 is 0 Å². The Morgan fingerprint density at radius 1 is 1.27 bits per heavy atom. The number of aryl methyl sites for hydroxylation is 2. The number of nitrogens with zero attached hydrogens (tertiary/aromatic N) is 1. The van der Waals surface area contributed by atoms with Crippen molar-refractivity contribution in [3.8, 4) is 11.3 Å². The predicted molar refractivity (Wildman–Crippen MR) is 57.3 cm³/mol. The highest BCUT2D eigenvalue weighted by molar-refractivity contribution is 5.64. The summed E-state index contributed by atoms with van der Waals surface area (Å²) in [5, 5.41) is 8.94. The van der Waals surface area contributed by atoms with Crippen molar-refractivity contribution in [2.75, 3.05) is 0 Å². The Kier molecular flexibility index (Phi) is 2.56. The Hall–Kier alpha value is -1.61. The van der Waals surface area contributed by atoms with Gasteiger partial charge in [-0.05, 0) is 19.4 Å². The zero-order valence-corrected chi connectivity index (χ0v) is 8.82. The third kappa shape index (κ3) is 1.78. The summed E-state index contributed by atoms with van der Waals surface area (Å²) in [5.74, 6) is 1.11. The van der Waals surface area contributed by atoms with E-state index < -0.39 is 0 Å². The van der Waals surface area contributed by atoms with Crippen LogP contribution in [-0.2, 0) is 6.61 Å². The first-order valence-corrected chi connectivity index (χ1v) is 4.85. The second-order valence-electron chi connectivity index (χ2n) is 3.49. The molecule has 3 nitrogen and oxygen atoms in total. The molecule has 1 aromatic carbocycles. The summed E-state index contributed by atoms with van der Waals surface area (Å²) in [6.07, 6.45) is 0. The van der Waals surface area contributed by atoms with Crippen molar-refractivity contribution >= 4 is 0 Å². The highest BCUT2D eigenvalue weighted by atomic mass is 16.4. The van der Waals surface area contributed by atoms with Gasteiger partial charge < -0.3 is 9.52 Å². The molecule has 1 heterocycles. The average molecular weight is 203 g/mol. The fraction of sp³-hybridized carbons (Fsp3) is 0.250. The van der Waals surface area contributed by atoms with E-state index in [0.717, 1.165) is 22.6 Å². The van der Waals surface area contributed by atoms with Crippen molar-refractivity contribution in [3.05, 3.63) is 41.5 Å². The van der Waals surface area contributed by atoms with Crippen molar-refractivity contribution in [1.82, 2.24) is 4.98 Å². The SMILES string of the molecule is Cc1ccccc1-c1nc(CO)oc1C. The normalized spacial score (nSPS) is 10.6. The van der Waals surface area contributed by atoms with Crippen LogP contribution >= 0.6 is 0 Å². The van der Waals surface area contributed by atoms with Gasteiger partial charge in [-0.1, -0.05) is 24.3 Å². The maximum absolute atomic E-state index is 8.94. The van der Waals surface area contributed by atoms with Crippen LogP contribution in [0.1, 0.15) is 17.2 Å². The van der Waals surface area contributed by atoms with Crippen molar-refractivity contribution in [1.29, 1.82) is 0 Å². The lowest BCUT2D eigenvalue weighted by Crippen LogP contribution is -1.86. The largest absolute Gasteiger partial charge is 0.443 e. The van der Waals surface area contributed by atoms with E-state index in [1.54, 1.807) is 0 Å². The van der Waals surface area contributed by atoms with Gasteiger partial charge in [0.2, 0.25) is 5.89 Å². The highest BCUT2D eigenvalue weighted by Crippen LogP contribution is 2.26. The van der Waals surface area contributed by atoms with E-state index in [-0.39, 0.29) is 6.61 Å². The first-order chi connectivity index (χ1) is 7.22. The van der Waals surface area contributed by atoms with Gasteiger partial charge in [-0.25, -0.2) is 4.98 Å². The predicted octanol–water partition coefficient (Wildman–Crippen LogP) is 2.45. The molecule has 0 fully saturated rings. The molecule has 0 aliphatic carbocycles. The summed E-state index contributed by atoms with van der Waals surface area (Å²) >= 11 is 0. The van der Waals surface area contributed by atoms with Crippen LogP contribution in [0.5, 0.6) is 0 Å². The number of aliphatic hydroxyl groups is 1. The zero-order chi connectivity index (χ0) is 10.8. The van der Waals surface area contributed by atoms with Crippen LogP contribution in [0.4, 0.5) is 0 Å². The topological polar surface area (TPSA) is 46.3 Å². The second kappa shape index (κ2) is 3.87. The molecule has 0 spiro atoms. The molecule has 15 heavy (non-hydrogen) atoms. The Morgan fingerprint density at radius 2 is 2.00 bits per heavy atom. The quantitative estimate of drug-likeness (QED) is 0.815. The molecule has 0 aliphatic rings. The molecule has 78 valence electrons. The molecular weight excluding hydrogens is 190 g/mol. The van der Waals surface area contributed by atoms with Crippen LogP contribution < -0.4 is 0 Å². The molecule has 0 unspecified atom stereocenters. The number of rotatable bonds is 2. The lowest BCUT2D eigenvalue weighted by atomic mass is 10.1. The molecular formula is C12H13NO2. The van der Waals surface area contributed by atoms with E-state index in [1.807, 2.05) is 38.1 Å². The van der Waals surface area contributed by atoms with E-state index in [9.17, 15) is 0 Å². The van der Waals surface area contributed by atoms with Crippen molar-refractivity contribution < 1.29 is 9.52 Å². The van der Waals surface area contributed by atoms with Crippen LogP contribution in [0.2, 0.25) is 0 Å². The molecule has 0 aliphatic heterocycles. The van der Waals surface area contributed by atoms with E-state index in [4.69, 9.17) is 9.52 Å². The van der Waals surface area contributed by atoms with Crippen molar-refractivity contribution in [3.63, 3.8) is 0 Å². The number of aromatic nitrogens is 1. The standard InChI is InChI=1S/C12H13NO2/c1-8-5-3-4-6-10(8)12-9(2)15-11(7-14)13-12/h3-6,14H,7H2,1-2H3. The van der Waals surface area contributed by atoms with Gasteiger partial charge in [0, 0.05) is 5.56 Å². The second-order valence-corrected chi connectivity index (χ2v) is 3.49. The highest BCUT2D eigenvalue weighted by Gasteiger charge is 2.11. The van der Waals surface area contributed by atoms with Gasteiger partial charge in [0.1, 0.15) is 18.1 Å². The Labute approximate surface area is 88.4 Å². The molecule has 0 atom stereocenters. The Bertz CT molecular complexity index is 474. The summed E-state index contributed by atoms with van der Waals surface area (Å²) in [6.45, 7) is 3.72. The number of benzene rings is 1. The number of hydrogen-bond acceptors (Lipinski definition) is 3. The third-order valence-electron chi connectivity index (χ3n) is 2.38. The third-order valence-corrected chi connectivity index (χ3v) is 2.38. The summed E-state index contributed by atoms with van der Waals surface area (Å²) in [7, 11) is 0. The number of aliphatic hydroxyl groups excluding tert-OH is 1. The van der Waals surface area contributed by atoms with Gasteiger partial charge in [0.05, 0.1) is 0 Å². The smallest absolute Gasteiger partial charge is 0.220 e.